The first kappa shape index (κ1) is 11.2. The summed E-state index contributed by atoms with van der Waals surface area (Å²) in [5, 5.41) is 2.75. The Bertz CT molecular complexity index is 66.8. The van der Waals surface area contributed by atoms with Crippen LogP contribution in [0.4, 0.5) is 0 Å². The summed E-state index contributed by atoms with van der Waals surface area (Å²) in [6.45, 7) is 3.01. The van der Waals surface area contributed by atoms with Crippen LogP contribution in [-0.2, 0) is 4.74 Å². The third kappa shape index (κ3) is 10.2. The van der Waals surface area contributed by atoms with Gasteiger partial charge in [-0.2, -0.15) is 0 Å². The fourth-order valence-electron chi connectivity index (χ4n) is 0.462. The molecule has 0 heterocycles. The number of ether oxygens (including phenoxy) is 1. The maximum absolute atomic E-state index is 5.19. The van der Waals surface area contributed by atoms with E-state index in [4.69, 9.17) is 4.74 Å². The van der Waals surface area contributed by atoms with Gasteiger partial charge in [0.25, 0.3) is 0 Å². The van der Waals surface area contributed by atoms with Crippen LogP contribution in [0.5, 0.6) is 0 Å². The van der Waals surface area contributed by atoms with Crippen molar-refractivity contribution in [3.05, 3.63) is 14.1 Å². The molecule has 0 aliphatic carbocycles. The Morgan fingerprint density at radius 2 is 1.91 bits per heavy atom. The maximum atomic E-state index is 5.19. The predicted molar refractivity (Wildman–Crippen MR) is 48.3 cm³/mol. The molecular weight excluding hydrogens is 162 g/mol. The summed E-state index contributed by atoms with van der Waals surface area (Å²) in [5.41, 5.74) is 0. The molecule has 0 saturated carbocycles. The van der Waals surface area contributed by atoms with Crippen molar-refractivity contribution < 1.29 is 4.74 Å². The van der Waals surface area contributed by atoms with Gasteiger partial charge in [-0.05, 0) is 0 Å². The summed E-state index contributed by atoms with van der Waals surface area (Å²) < 4.78 is 10.8. The summed E-state index contributed by atoms with van der Waals surface area (Å²) in [4.78, 5) is 0. The molecule has 0 aromatic heterocycles. The largest absolute Gasteiger partial charge is 0.379 e. The minimum Gasteiger partial charge on any atom is -0.379 e. The van der Waals surface area contributed by atoms with E-state index in [1.54, 1.807) is 0 Å². The van der Waals surface area contributed by atoms with Gasteiger partial charge < -0.3 is 10.1 Å². The predicted octanol–water partition coefficient (Wildman–Crippen LogP) is -0.0818. The minimum absolute atomic E-state index is 0.702. The Balaban J connectivity index is 2.69. The molecule has 0 aliphatic heterocycles. The van der Waals surface area contributed by atoms with E-state index < -0.39 is 0 Å². The molecule has 0 bridgehead atoms. The van der Waals surface area contributed by atoms with Crippen molar-refractivity contribution in [2.45, 2.75) is 0 Å². The molecule has 11 heavy (non-hydrogen) atoms. The first-order chi connectivity index (χ1) is 5.41. The van der Waals surface area contributed by atoms with Gasteiger partial charge in [-0.25, -0.2) is 9.44 Å². The normalized spacial score (nSPS) is 10.4. The lowest BCUT2D eigenvalue weighted by Crippen LogP contribution is -2.19. The van der Waals surface area contributed by atoms with E-state index in [1.165, 1.54) is 12.1 Å². The first-order valence-electron chi connectivity index (χ1n) is 3.40. The van der Waals surface area contributed by atoms with Gasteiger partial charge in [0.05, 0.1) is 13.2 Å². The van der Waals surface area contributed by atoms with Crippen molar-refractivity contribution in [3.8, 4) is 0 Å². The molecule has 5 heteroatoms. The molecule has 2 radical (unpaired) electrons. The average molecular weight is 177 g/mol. The average Bonchev–Trinajstić information content (AvgIpc) is 2.03. The minimum atomic E-state index is 0.702. The molecule has 0 saturated heterocycles. The Hall–Kier alpha value is 0.190. The second-order valence-electron chi connectivity index (χ2n) is 1.75. The zero-order valence-electron chi connectivity index (χ0n) is 6.56. The van der Waals surface area contributed by atoms with E-state index in [2.05, 4.69) is 28.9 Å². The Morgan fingerprint density at radius 3 is 2.55 bits per heavy atom. The van der Waals surface area contributed by atoms with Crippen molar-refractivity contribution in [3.63, 3.8) is 0 Å². The van der Waals surface area contributed by atoms with Gasteiger partial charge in [-0.15, -0.1) is 0 Å². The van der Waals surface area contributed by atoms with Crippen molar-refractivity contribution in [2.75, 3.05) is 26.3 Å². The summed E-state index contributed by atoms with van der Waals surface area (Å²) >= 11 is 1.35. The SMILES string of the molecule is [CH2]NCCOCCNSN[CH2]. The van der Waals surface area contributed by atoms with E-state index in [1.807, 2.05) is 0 Å². The summed E-state index contributed by atoms with van der Waals surface area (Å²) in [6.07, 6.45) is 0. The number of hydrogen-bond acceptors (Lipinski definition) is 5. The van der Waals surface area contributed by atoms with Crippen LogP contribution in [-0.4, -0.2) is 26.3 Å². The lowest BCUT2D eigenvalue weighted by Gasteiger charge is -2.03. The maximum Gasteiger partial charge on any atom is 0.0601 e. The zero-order chi connectivity index (χ0) is 8.36. The number of hydrogen-bond donors (Lipinski definition) is 3. The molecule has 0 atom stereocenters. The highest BCUT2D eigenvalue weighted by Crippen LogP contribution is 1.80. The molecule has 66 valence electrons. The first-order valence-corrected chi connectivity index (χ1v) is 4.22. The lowest BCUT2D eigenvalue weighted by molar-refractivity contribution is 0.143. The highest BCUT2D eigenvalue weighted by molar-refractivity contribution is 7.95. The highest BCUT2D eigenvalue weighted by atomic mass is 32.2. The molecule has 3 N–H and O–H groups in total. The summed E-state index contributed by atoms with van der Waals surface area (Å²) in [5.74, 6) is 0. The van der Waals surface area contributed by atoms with Crippen molar-refractivity contribution >= 4 is 12.1 Å². The molecule has 0 spiro atoms. The van der Waals surface area contributed by atoms with Crippen LogP contribution in [0.1, 0.15) is 0 Å². The Kier molecular flexibility index (Phi) is 10.4. The van der Waals surface area contributed by atoms with Crippen LogP contribution >= 0.6 is 12.1 Å². The topological polar surface area (TPSA) is 45.3 Å². The Morgan fingerprint density at radius 1 is 1.18 bits per heavy atom. The standard InChI is InChI=1S/C6H15N3OS/c1-7-3-5-10-6-4-9-11-8-2/h7-9H,1-6H2. The monoisotopic (exact) mass is 177 g/mol. The van der Waals surface area contributed by atoms with Crippen LogP contribution in [0.15, 0.2) is 0 Å². The van der Waals surface area contributed by atoms with Gasteiger partial charge in [0.1, 0.15) is 0 Å². The van der Waals surface area contributed by atoms with Gasteiger partial charge in [0.15, 0.2) is 0 Å². The summed E-state index contributed by atoms with van der Waals surface area (Å²) in [6, 6.07) is 0. The molecule has 0 rings (SSSR count). The van der Waals surface area contributed by atoms with Crippen molar-refractivity contribution in [1.29, 1.82) is 0 Å². The molecule has 0 fully saturated rings. The molecule has 0 aliphatic rings. The van der Waals surface area contributed by atoms with Gasteiger partial charge in [0, 0.05) is 39.3 Å². The smallest absolute Gasteiger partial charge is 0.0601 e. The van der Waals surface area contributed by atoms with Gasteiger partial charge in [-0.3, -0.25) is 0 Å². The van der Waals surface area contributed by atoms with Crippen molar-refractivity contribution in [1.82, 2.24) is 14.8 Å². The molecule has 0 aromatic rings. The van der Waals surface area contributed by atoms with Crippen LogP contribution in [0.3, 0.4) is 0 Å². The van der Waals surface area contributed by atoms with Crippen molar-refractivity contribution in [2.24, 2.45) is 0 Å². The van der Waals surface area contributed by atoms with Crippen LogP contribution in [0.2, 0.25) is 0 Å². The van der Waals surface area contributed by atoms with Gasteiger partial charge in [-0.1, -0.05) is 0 Å². The number of nitrogens with one attached hydrogen (secondary N) is 3. The lowest BCUT2D eigenvalue weighted by atomic mass is 10.7. The fourth-order valence-corrected chi connectivity index (χ4v) is 0.750. The van der Waals surface area contributed by atoms with E-state index >= 15 is 0 Å². The third-order valence-corrected chi connectivity index (χ3v) is 1.41. The van der Waals surface area contributed by atoms with E-state index in [-0.39, 0.29) is 0 Å². The summed E-state index contributed by atoms with van der Waals surface area (Å²) in [7, 11) is 6.89. The van der Waals surface area contributed by atoms with Crippen LogP contribution in [0.25, 0.3) is 0 Å². The molecule has 0 aromatic carbocycles. The molecule has 0 amide bonds. The quantitative estimate of drug-likeness (QED) is 0.357. The molecular formula is C6H15N3OS. The van der Waals surface area contributed by atoms with Gasteiger partial charge >= 0.3 is 0 Å². The molecule has 0 unspecified atom stereocenters. The zero-order valence-corrected chi connectivity index (χ0v) is 7.38. The Labute approximate surface area is 72.7 Å². The second kappa shape index (κ2) is 10.2. The van der Waals surface area contributed by atoms with E-state index in [0.717, 1.165) is 13.1 Å². The second-order valence-corrected chi connectivity index (χ2v) is 2.53. The fraction of sp³-hybridized carbons (Fsp3) is 0.667. The third-order valence-electron chi connectivity index (χ3n) is 0.916. The number of rotatable bonds is 8. The molecule has 4 nitrogen and oxygen atoms in total. The highest BCUT2D eigenvalue weighted by Gasteiger charge is 1.86. The van der Waals surface area contributed by atoms with Gasteiger partial charge in [0.2, 0.25) is 0 Å². The van der Waals surface area contributed by atoms with E-state index in [0.29, 0.717) is 13.2 Å². The van der Waals surface area contributed by atoms with E-state index in [9.17, 15) is 0 Å². The van der Waals surface area contributed by atoms with Crippen LogP contribution < -0.4 is 14.8 Å². The van der Waals surface area contributed by atoms with Crippen LogP contribution in [0, 0.1) is 14.1 Å².